The van der Waals surface area contributed by atoms with E-state index in [2.05, 4.69) is 33.5 Å². The van der Waals surface area contributed by atoms with Gasteiger partial charge in [-0.1, -0.05) is 0 Å². The summed E-state index contributed by atoms with van der Waals surface area (Å²) >= 11 is 0. The molecule has 1 fully saturated rings. The normalized spacial score (nSPS) is 17.0. The van der Waals surface area contributed by atoms with Crippen LogP contribution < -0.4 is 5.32 Å². The van der Waals surface area contributed by atoms with Gasteiger partial charge in [0.1, 0.15) is 0 Å². The van der Waals surface area contributed by atoms with E-state index in [1.165, 1.54) is 29.5 Å². The van der Waals surface area contributed by atoms with Crippen LogP contribution in [0, 0.1) is 6.92 Å². The van der Waals surface area contributed by atoms with Crippen molar-refractivity contribution in [2.24, 2.45) is 0 Å². The van der Waals surface area contributed by atoms with Crippen molar-refractivity contribution in [1.29, 1.82) is 0 Å². The van der Waals surface area contributed by atoms with Gasteiger partial charge in [0.05, 0.1) is 0 Å². The van der Waals surface area contributed by atoms with Crippen LogP contribution in [-0.4, -0.2) is 28.3 Å². The molecule has 17 heavy (non-hydrogen) atoms. The molecule has 2 aromatic heterocycles. The average Bonchev–Trinajstić information content (AvgIpc) is 2.75. The van der Waals surface area contributed by atoms with E-state index in [4.69, 9.17) is 0 Å². The molecule has 0 spiro atoms. The van der Waals surface area contributed by atoms with E-state index in [1.807, 2.05) is 6.20 Å². The van der Waals surface area contributed by atoms with Crippen molar-refractivity contribution in [2.75, 3.05) is 13.1 Å². The number of hydrogen-bond acceptors (Lipinski definition) is 3. The third-order valence-electron chi connectivity index (χ3n) is 3.44. The van der Waals surface area contributed by atoms with E-state index in [9.17, 15) is 0 Å². The van der Waals surface area contributed by atoms with Crippen LogP contribution >= 0.6 is 12.4 Å². The zero-order valence-electron chi connectivity index (χ0n) is 9.86. The molecule has 2 N–H and O–H groups in total. The van der Waals surface area contributed by atoms with Crippen molar-refractivity contribution < 1.29 is 0 Å². The van der Waals surface area contributed by atoms with Gasteiger partial charge in [-0.2, -0.15) is 5.10 Å². The molecular formula is C12H17ClN4. The number of piperidine rings is 1. The quantitative estimate of drug-likeness (QED) is 0.818. The predicted octanol–water partition coefficient (Wildman–Crippen LogP) is 2.16. The Labute approximate surface area is 107 Å². The van der Waals surface area contributed by atoms with E-state index in [0.717, 1.165) is 18.7 Å². The van der Waals surface area contributed by atoms with Gasteiger partial charge in [0.2, 0.25) is 0 Å². The summed E-state index contributed by atoms with van der Waals surface area (Å²) in [5.41, 5.74) is 3.41. The van der Waals surface area contributed by atoms with Crippen molar-refractivity contribution in [2.45, 2.75) is 25.7 Å². The first-order chi connectivity index (χ1) is 7.86. The molecule has 0 aromatic carbocycles. The van der Waals surface area contributed by atoms with Gasteiger partial charge >= 0.3 is 0 Å². The summed E-state index contributed by atoms with van der Waals surface area (Å²) in [5, 5.41) is 12.1. The molecule has 0 aliphatic carbocycles. The van der Waals surface area contributed by atoms with Gasteiger partial charge < -0.3 is 5.32 Å². The van der Waals surface area contributed by atoms with Crippen LogP contribution in [0.3, 0.4) is 0 Å². The van der Waals surface area contributed by atoms with Gasteiger partial charge in [-0.05, 0) is 44.5 Å². The molecule has 4 nitrogen and oxygen atoms in total. The summed E-state index contributed by atoms with van der Waals surface area (Å²) in [6, 6.07) is 2.06. The Morgan fingerprint density at radius 1 is 1.29 bits per heavy atom. The summed E-state index contributed by atoms with van der Waals surface area (Å²) in [5.74, 6) is 0.606. The van der Waals surface area contributed by atoms with Gasteiger partial charge in [0.25, 0.3) is 0 Å². The largest absolute Gasteiger partial charge is 0.317 e. The Hall–Kier alpha value is -1.13. The minimum absolute atomic E-state index is 0. The third-order valence-corrected chi connectivity index (χ3v) is 3.44. The van der Waals surface area contributed by atoms with E-state index < -0.39 is 0 Å². The first-order valence-corrected chi connectivity index (χ1v) is 5.86. The Bertz CT molecular complexity index is 502. The fraction of sp³-hybridized carbons (Fsp3) is 0.500. The lowest BCUT2D eigenvalue weighted by Gasteiger charge is -2.21. The molecule has 0 saturated carbocycles. The smallest absolute Gasteiger partial charge is 0.181 e. The zero-order valence-corrected chi connectivity index (χ0v) is 10.7. The summed E-state index contributed by atoms with van der Waals surface area (Å²) < 4.78 is 0. The zero-order chi connectivity index (χ0) is 11.0. The summed E-state index contributed by atoms with van der Waals surface area (Å²) in [6.45, 7) is 4.33. The number of halogens is 1. The van der Waals surface area contributed by atoms with Gasteiger partial charge in [-0.3, -0.25) is 5.10 Å². The standard InChI is InChI=1S/C12H16N4.ClH/c1-8-2-7-14-12-10(8)11(15-16-12)9-3-5-13-6-4-9;/h2,7,9,13H,3-6H2,1H3,(H,14,15,16);1H. The number of aryl methyl sites for hydroxylation is 1. The molecule has 1 aliphatic rings. The number of H-pyrrole nitrogens is 1. The minimum Gasteiger partial charge on any atom is -0.317 e. The Kier molecular flexibility index (Phi) is 3.64. The maximum absolute atomic E-state index is 4.30. The first-order valence-electron chi connectivity index (χ1n) is 5.86. The molecule has 92 valence electrons. The van der Waals surface area contributed by atoms with Gasteiger partial charge in [0.15, 0.2) is 5.65 Å². The molecule has 3 heterocycles. The number of rotatable bonds is 1. The number of fused-ring (bicyclic) bond motifs is 1. The van der Waals surface area contributed by atoms with Crippen LogP contribution in [0.4, 0.5) is 0 Å². The second-order valence-electron chi connectivity index (χ2n) is 4.49. The average molecular weight is 253 g/mol. The predicted molar refractivity (Wildman–Crippen MR) is 70.7 cm³/mol. The minimum atomic E-state index is 0. The molecule has 2 aromatic rings. The van der Waals surface area contributed by atoms with Crippen LogP contribution in [0.15, 0.2) is 12.3 Å². The number of hydrogen-bond donors (Lipinski definition) is 2. The second-order valence-corrected chi connectivity index (χ2v) is 4.49. The molecule has 5 heteroatoms. The van der Waals surface area contributed by atoms with Crippen LogP contribution in [0.5, 0.6) is 0 Å². The summed E-state index contributed by atoms with van der Waals surface area (Å²) in [6.07, 6.45) is 4.20. The summed E-state index contributed by atoms with van der Waals surface area (Å²) in [4.78, 5) is 4.30. The van der Waals surface area contributed by atoms with Crippen LogP contribution in [-0.2, 0) is 0 Å². The molecule has 0 radical (unpaired) electrons. The van der Waals surface area contributed by atoms with E-state index >= 15 is 0 Å². The molecule has 1 aliphatic heterocycles. The fourth-order valence-electron chi connectivity index (χ4n) is 2.54. The highest BCUT2D eigenvalue weighted by atomic mass is 35.5. The first kappa shape index (κ1) is 12.3. The molecule has 0 unspecified atom stereocenters. The lowest BCUT2D eigenvalue weighted by Crippen LogP contribution is -2.26. The van der Waals surface area contributed by atoms with Gasteiger partial charge in [-0.15, -0.1) is 12.4 Å². The molecule has 1 saturated heterocycles. The van der Waals surface area contributed by atoms with Crippen molar-refractivity contribution >= 4 is 23.4 Å². The number of nitrogens with zero attached hydrogens (tertiary/aromatic N) is 2. The lowest BCUT2D eigenvalue weighted by atomic mass is 9.92. The topological polar surface area (TPSA) is 53.6 Å². The highest BCUT2D eigenvalue weighted by molar-refractivity contribution is 5.85. The molecular weight excluding hydrogens is 236 g/mol. The Morgan fingerprint density at radius 3 is 2.82 bits per heavy atom. The van der Waals surface area contributed by atoms with Crippen LogP contribution in [0.1, 0.15) is 30.0 Å². The lowest BCUT2D eigenvalue weighted by molar-refractivity contribution is 0.454. The van der Waals surface area contributed by atoms with Gasteiger partial charge in [0, 0.05) is 23.2 Å². The number of aromatic nitrogens is 3. The van der Waals surface area contributed by atoms with Crippen LogP contribution in [0.2, 0.25) is 0 Å². The van der Waals surface area contributed by atoms with E-state index in [0.29, 0.717) is 5.92 Å². The maximum Gasteiger partial charge on any atom is 0.181 e. The number of pyridine rings is 1. The van der Waals surface area contributed by atoms with Crippen molar-refractivity contribution in [3.05, 3.63) is 23.5 Å². The number of aromatic amines is 1. The third kappa shape index (κ3) is 2.15. The molecule has 3 rings (SSSR count). The molecule has 0 amide bonds. The van der Waals surface area contributed by atoms with Gasteiger partial charge in [-0.25, -0.2) is 4.98 Å². The highest BCUT2D eigenvalue weighted by Gasteiger charge is 2.20. The van der Waals surface area contributed by atoms with Crippen molar-refractivity contribution in [1.82, 2.24) is 20.5 Å². The number of nitrogens with one attached hydrogen (secondary N) is 2. The summed E-state index contributed by atoms with van der Waals surface area (Å²) in [7, 11) is 0. The SMILES string of the molecule is Cc1ccnc2n[nH]c(C3CCNCC3)c12.Cl. The molecule has 0 bridgehead atoms. The molecule has 0 atom stereocenters. The highest BCUT2D eigenvalue weighted by Crippen LogP contribution is 2.30. The maximum atomic E-state index is 4.30. The van der Waals surface area contributed by atoms with Crippen LogP contribution in [0.25, 0.3) is 11.0 Å². The fourth-order valence-corrected chi connectivity index (χ4v) is 2.54. The van der Waals surface area contributed by atoms with E-state index in [1.54, 1.807) is 0 Å². The second kappa shape index (κ2) is 5.02. The monoisotopic (exact) mass is 252 g/mol. The Balaban J connectivity index is 0.00000108. The van der Waals surface area contributed by atoms with E-state index in [-0.39, 0.29) is 12.4 Å². The van der Waals surface area contributed by atoms with Crippen molar-refractivity contribution in [3.63, 3.8) is 0 Å². The Morgan fingerprint density at radius 2 is 2.06 bits per heavy atom. The van der Waals surface area contributed by atoms with Crippen molar-refractivity contribution in [3.8, 4) is 0 Å².